The van der Waals surface area contributed by atoms with Gasteiger partial charge < -0.3 is 15.5 Å². The Morgan fingerprint density at radius 3 is 2.62 bits per heavy atom. The standard InChI is InChI=1S/C19H26F2O2.C2H7N/c1-17-8-2-3-15(17)19(23)10-6-12-4-5-13(22)11-18(12,21)16(20)14(19)7-9-17;1-3-2/h2,7-8,12-13,15-16,22-23H,3-6,9-11H2,1H3;3H,1-2H3/t12?,13?,15?,16?,17?,18?,19-;/m1./s1. The van der Waals surface area contributed by atoms with Gasteiger partial charge in [-0.1, -0.05) is 25.2 Å². The number of fused-ring (bicyclic) bond motifs is 4. The Balaban J connectivity index is 0.000000613. The van der Waals surface area contributed by atoms with Crippen molar-refractivity contribution in [1.29, 1.82) is 0 Å². The lowest BCUT2D eigenvalue weighted by Gasteiger charge is -2.48. The predicted octanol–water partition coefficient (Wildman–Crippen LogP) is 3.47. The number of halogens is 2. The number of aliphatic hydroxyl groups is 2. The second-order valence-corrected chi connectivity index (χ2v) is 8.94. The highest BCUT2D eigenvalue weighted by molar-refractivity contribution is 5.37. The zero-order valence-electron chi connectivity index (χ0n) is 16.1. The Hall–Kier alpha value is -0.780. The monoisotopic (exact) mass is 369 g/mol. The molecular formula is C21H33F2NO2. The fourth-order valence-corrected chi connectivity index (χ4v) is 5.77. The molecule has 0 aromatic heterocycles. The third kappa shape index (κ3) is 2.96. The fraction of sp³-hybridized carbons (Fsp3) is 0.810. The van der Waals surface area contributed by atoms with Crippen LogP contribution in [0.15, 0.2) is 23.8 Å². The largest absolute Gasteiger partial charge is 0.393 e. The molecule has 2 fully saturated rings. The van der Waals surface area contributed by atoms with Gasteiger partial charge in [0.25, 0.3) is 0 Å². The van der Waals surface area contributed by atoms with E-state index in [1.165, 1.54) is 0 Å². The third-order valence-electron chi connectivity index (χ3n) is 7.15. The van der Waals surface area contributed by atoms with Crippen molar-refractivity contribution in [1.82, 2.24) is 5.32 Å². The van der Waals surface area contributed by atoms with Crippen LogP contribution in [0.25, 0.3) is 0 Å². The first-order valence-electron chi connectivity index (χ1n) is 9.91. The second-order valence-electron chi connectivity index (χ2n) is 8.94. The van der Waals surface area contributed by atoms with E-state index in [0.29, 0.717) is 32.1 Å². The predicted molar refractivity (Wildman–Crippen MR) is 99.3 cm³/mol. The molecule has 0 aromatic carbocycles. The second kappa shape index (κ2) is 6.99. The van der Waals surface area contributed by atoms with Gasteiger partial charge in [-0.05, 0) is 69.5 Å². The molecule has 4 aliphatic rings. The molecule has 4 rings (SSSR count). The van der Waals surface area contributed by atoms with Crippen LogP contribution < -0.4 is 5.32 Å². The summed E-state index contributed by atoms with van der Waals surface area (Å²) in [5.41, 5.74) is -3.19. The Morgan fingerprint density at radius 2 is 1.92 bits per heavy atom. The van der Waals surface area contributed by atoms with Crippen molar-refractivity contribution >= 4 is 0 Å². The lowest BCUT2D eigenvalue weighted by Crippen LogP contribution is -2.53. The highest BCUT2D eigenvalue weighted by Crippen LogP contribution is 2.59. The molecule has 0 saturated heterocycles. The molecule has 148 valence electrons. The summed E-state index contributed by atoms with van der Waals surface area (Å²) in [4.78, 5) is 0. The normalized spacial score (nSPS) is 49.7. The summed E-state index contributed by atoms with van der Waals surface area (Å²) in [6.07, 6.45) is 6.54. The first kappa shape index (κ1) is 20.0. The van der Waals surface area contributed by atoms with Gasteiger partial charge in [0.15, 0.2) is 11.8 Å². The number of allylic oxidation sites excluding steroid dienone is 3. The summed E-state index contributed by atoms with van der Waals surface area (Å²) >= 11 is 0. The molecule has 2 saturated carbocycles. The number of aliphatic hydroxyl groups excluding tert-OH is 1. The van der Waals surface area contributed by atoms with Gasteiger partial charge in [0, 0.05) is 12.3 Å². The van der Waals surface area contributed by atoms with E-state index in [1.807, 2.05) is 14.1 Å². The van der Waals surface area contributed by atoms with Gasteiger partial charge in [-0.25, -0.2) is 8.78 Å². The molecular weight excluding hydrogens is 336 g/mol. The Kier molecular flexibility index (Phi) is 5.37. The first-order valence-corrected chi connectivity index (χ1v) is 9.91. The van der Waals surface area contributed by atoms with E-state index in [0.717, 1.165) is 6.42 Å². The van der Waals surface area contributed by atoms with Gasteiger partial charge in [-0.3, -0.25) is 0 Å². The summed E-state index contributed by atoms with van der Waals surface area (Å²) < 4.78 is 31.0. The molecule has 0 amide bonds. The van der Waals surface area contributed by atoms with Crippen LogP contribution in [0, 0.1) is 17.3 Å². The van der Waals surface area contributed by atoms with Crippen LogP contribution in [0.1, 0.15) is 51.9 Å². The fourth-order valence-electron chi connectivity index (χ4n) is 5.77. The van der Waals surface area contributed by atoms with Crippen molar-refractivity contribution < 1.29 is 19.0 Å². The number of rotatable bonds is 0. The van der Waals surface area contributed by atoms with Gasteiger partial charge in [0.1, 0.15) is 0 Å². The molecule has 3 nitrogen and oxygen atoms in total. The zero-order valence-corrected chi connectivity index (χ0v) is 16.1. The molecule has 0 bridgehead atoms. The highest BCUT2D eigenvalue weighted by atomic mass is 19.2. The molecule has 0 radical (unpaired) electrons. The van der Waals surface area contributed by atoms with E-state index in [1.54, 1.807) is 6.08 Å². The maximum atomic E-state index is 15.6. The van der Waals surface area contributed by atoms with Crippen LogP contribution in [0.5, 0.6) is 0 Å². The summed E-state index contributed by atoms with van der Waals surface area (Å²) in [5, 5.41) is 24.1. The molecule has 0 spiro atoms. The minimum Gasteiger partial charge on any atom is -0.393 e. The Labute approximate surface area is 155 Å². The molecule has 0 aliphatic heterocycles. The van der Waals surface area contributed by atoms with Crippen LogP contribution in [0.4, 0.5) is 8.78 Å². The van der Waals surface area contributed by atoms with Gasteiger partial charge >= 0.3 is 0 Å². The zero-order chi connectivity index (χ0) is 19.2. The summed E-state index contributed by atoms with van der Waals surface area (Å²) in [6.45, 7) is 2.10. The maximum absolute atomic E-state index is 15.6. The van der Waals surface area contributed by atoms with Crippen molar-refractivity contribution in [2.45, 2.75) is 75.4 Å². The van der Waals surface area contributed by atoms with Gasteiger partial charge in [0.2, 0.25) is 0 Å². The molecule has 6 unspecified atom stereocenters. The van der Waals surface area contributed by atoms with Crippen LogP contribution in [0.3, 0.4) is 0 Å². The Morgan fingerprint density at radius 1 is 1.23 bits per heavy atom. The van der Waals surface area contributed by atoms with Crippen molar-refractivity contribution in [2.75, 3.05) is 14.1 Å². The van der Waals surface area contributed by atoms with Crippen molar-refractivity contribution in [3.05, 3.63) is 23.8 Å². The highest BCUT2D eigenvalue weighted by Gasteiger charge is 2.62. The first-order chi connectivity index (χ1) is 12.2. The molecule has 4 aliphatic carbocycles. The average molecular weight is 369 g/mol. The summed E-state index contributed by atoms with van der Waals surface area (Å²) in [6, 6.07) is 0. The minimum absolute atomic E-state index is 0.0677. The van der Waals surface area contributed by atoms with Gasteiger partial charge in [-0.15, -0.1) is 0 Å². The number of alkyl halides is 2. The summed E-state index contributed by atoms with van der Waals surface area (Å²) in [5.74, 6) is -0.473. The number of nitrogens with one attached hydrogen (secondary N) is 1. The van der Waals surface area contributed by atoms with Crippen molar-refractivity contribution in [3.63, 3.8) is 0 Å². The van der Waals surface area contributed by atoms with Crippen LogP contribution >= 0.6 is 0 Å². The van der Waals surface area contributed by atoms with Crippen LogP contribution in [-0.4, -0.2) is 47.9 Å². The molecule has 5 heteroatoms. The van der Waals surface area contributed by atoms with Crippen molar-refractivity contribution in [2.24, 2.45) is 17.3 Å². The Bertz CT molecular complexity index is 595. The SMILES string of the molecule is CC12C=CCC1[C@@]1(O)CCC3CCC(O)CC3(F)C(F)C1=CC2.CNC. The molecule has 0 aromatic rings. The van der Waals surface area contributed by atoms with E-state index >= 15 is 8.78 Å². The summed E-state index contributed by atoms with van der Waals surface area (Å²) in [7, 11) is 3.75. The lowest BCUT2D eigenvalue weighted by atomic mass is 9.60. The molecule has 26 heavy (non-hydrogen) atoms. The van der Waals surface area contributed by atoms with Gasteiger partial charge in [0.05, 0.1) is 11.7 Å². The smallest absolute Gasteiger partial charge is 0.158 e. The van der Waals surface area contributed by atoms with Crippen LogP contribution in [0.2, 0.25) is 0 Å². The molecule has 3 N–H and O–H groups in total. The quantitative estimate of drug-likeness (QED) is 0.573. The third-order valence-corrected chi connectivity index (χ3v) is 7.15. The maximum Gasteiger partial charge on any atom is 0.158 e. The number of hydrogen-bond acceptors (Lipinski definition) is 3. The topological polar surface area (TPSA) is 52.5 Å². The van der Waals surface area contributed by atoms with E-state index < -0.39 is 29.5 Å². The molecule has 0 heterocycles. The van der Waals surface area contributed by atoms with Crippen LogP contribution in [-0.2, 0) is 0 Å². The van der Waals surface area contributed by atoms with E-state index in [4.69, 9.17) is 0 Å². The minimum atomic E-state index is -2.03. The van der Waals surface area contributed by atoms with Gasteiger partial charge in [-0.2, -0.15) is 0 Å². The number of hydrogen-bond donors (Lipinski definition) is 3. The van der Waals surface area contributed by atoms with Crippen molar-refractivity contribution in [3.8, 4) is 0 Å². The van der Waals surface area contributed by atoms with E-state index in [9.17, 15) is 10.2 Å². The molecule has 7 atom stereocenters. The lowest BCUT2D eigenvalue weighted by molar-refractivity contribution is -0.0707. The average Bonchev–Trinajstić information content (AvgIpc) is 2.94. The van der Waals surface area contributed by atoms with E-state index in [2.05, 4.69) is 24.4 Å². The van der Waals surface area contributed by atoms with E-state index in [-0.39, 0.29) is 23.3 Å².